The van der Waals surface area contributed by atoms with Crippen molar-refractivity contribution in [3.8, 4) is 0 Å². The van der Waals surface area contributed by atoms with Crippen LogP contribution in [0.3, 0.4) is 0 Å². The summed E-state index contributed by atoms with van der Waals surface area (Å²) in [5.74, 6) is -1.16. The van der Waals surface area contributed by atoms with E-state index in [0.29, 0.717) is 5.52 Å². The van der Waals surface area contributed by atoms with Crippen LogP contribution in [-0.2, 0) is 17.5 Å². The molecule has 0 fully saturated rings. The first-order valence-electron chi connectivity index (χ1n) is 9.12. The van der Waals surface area contributed by atoms with E-state index < -0.39 is 23.5 Å². The van der Waals surface area contributed by atoms with Crippen molar-refractivity contribution >= 4 is 33.7 Å². The molecule has 1 N–H and O–H groups in total. The molecule has 0 aliphatic heterocycles. The van der Waals surface area contributed by atoms with Crippen LogP contribution in [0.15, 0.2) is 43.0 Å². The number of hydrogen-bond acceptors (Lipinski definition) is 3. The zero-order valence-corrected chi connectivity index (χ0v) is 16.0. The van der Waals surface area contributed by atoms with Crippen LogP contribution in [0.5, 0.6) is 0 Å². The Morgan fingerprint density at radius 2 is 1.83 bits per heavy atom. The molecule has 0 radical (unpaired) electrons. The molecule has 0 atom stereocenters. The topological polar surface area (TPSA) is 64.7 Å². The molecule has 2 aromatic heterocycles. The SMILES string of the molecule is CC(C)n1cnc2cc(NC(=O)Cn3cnc4cccc(F)c43)cc(C(F)(F)F)c21. The maximum atomic E-state index is 14.1. The molecule has 0 spiro atoms. The number of benzene rings is 2. The van der Waals surface area contributed by atoms with Crippen molar-refractivity contribution in [3.05, 3.63) is 54.4 Å². The van der Waals surface area contributed by atoms with E-state index in [1.165, 1.54) is 40.0 Å². The fraction of sp³-hybridized carbons (Fsp3) is 0.250. The van der Waals surface area contributed by atoms with Crippen molar-refractivity contribution in [2.24, 2.45) is 0 Å². The molecule has 1 amide bonds. The summed E-state index contributed by atoms with van der Waals surface area (Å²) in [7, 11) is 0. The standard InChI is InChI=1S/C20H17F4N5O/c1-11(2)29-10-26-16-7-12(6-13(18(16)29)20(22,23)24)27-17(30)8-28-9-25-15-5-3-4-14(21)19(15)28/h3-7,9-11H,8H2,1-2H3,(H,27,30). The van der Waals surface area contributed by atoms with Crippen LogP contribution in [0.2, 0.25) is 0 Å². The van der Waals surface area contributed by atoms with Gasteiger partial charge < -0.3 is 14.5 Å². The smallest absolute Gasteiger partial charge is 0.328 e. The van der Waals surface area contributed by atoms with Crippen LogP contribution in [0.1, 0.15) is 25.5 Å². The van der Waals surface area contributed by atoms with Crippen LogP contribution in [0, 0.1) is 5.82 Å². The molecular formula is C20H17F4N5O. The van der Waals surface area contributed by atoms with E-state index in [1.807, 2.05) is 0 Å². The highest BCUT2D eigenvalue weighted by molar-refractivity contribution is 5.94. The highest BCUT2D eigenvalue weighted by atomic mass is 19.4. The lowest BCUT2D eigenvalue weighted by Crippen LogP contribution is -2.19. The lowest BCUT2D eigenvalue weighted by atomic mass is 10.1. The molecule has 6 nitrogen and oxygen atoms in total. The summed E-state index contributed by atoms with van der Waals surface area (Å²) in [5.41, 5.74) is -0.331. The Balaban J connectivity index is 1.67. The predicted molar refractivity (Wildman–Crippen MR) is 103 cm³/mol. The van der Waals surface area contributed by atoms with Crippen LogP contribution in [0.25, 0.3) is 22.1 Å². The molecule has 0 bridgehead atoms. The van der Waals surface area contributed by atoms with E-state index in [1.54, 1.807) is 19.9 Å². The summed E-state index contributed by atoms with van der Waals surface area (Å²) < 4.78 is 57.8. The van der Waals surface area contributed by atoms with Gasteiger partial charge in [-0.1, -0.05) is 6.07 Å². The summed E-state index contributed by atoms with van der Waals surface area (Å²) in [4.78, 5) is 20.5. The van der Waals surface area contributed by atoms with Gasteiger partial charge in [-0.3, -0.25) is 4.79 Å². The predicted octanol–water partition coefficient (Wildman–Crippen LogP) is 4.76. The number of carbonyl (C=O) groups excluding carboxylic acids is 1. The number of anilines is 1. The van der Waals surface area contributed by atoms with Gasteiger partial charge in [0.15, 0.2) is 0 Å². The van der Waals surface area contributed by atoms with Gasteiger partial charge in [-0.15, -0.1) is 0 Å². The van der Waals surface area contributed by atoms with E-state index in [2.05, 4.69) is 15.3 Å². The van der Waals surface area contributed by atoms with Crippen LogP contribution < -0.4 is 5.32 Å². The normalized spacial score (nSPS) is 12.2. The van der Waals surface area contributed by atoms with Gasteiger partial charge in [0, 0.05) is 11.7 Å². The number of amides is 1. The molecule has 10 heteroatoms. The van der Waals surface area contributed by atoms with Crippen molar-refractivity contribution in [3.63, 3.8) is 0 Å². The van der Waals surface area contributed by atoms with Gasteiger partial charge in [-0.25, -0.2) is 14.4 Å². The van der Waals surface area contributed by atoms with Gasteiger partial charge in [-0.05, 0) is 38.1 Å². The summed E-state index contributed by atoms with van der Waals surface area (Å²) >= 11 is 0. The maximum absolute atomic E-state index is 14.1. The molecular weight excluding hydrogens is 402 g/mol. The third-order valence-corrected chi connectivity index (χ3v) is 4.72. The van der Waals surface area contributed by atoms with Gasteiger partial charge in [0.1, 0.15) is 17.9 Å². The van der Waals surface area contributed by atoms with Crippen LogP contribution in [0.4, 0.5) is 23.2 Å². The molecule has 30 heavy (non-hydrogen) atoms. The van der Waals surface area contributed by atoms with Crippen molar-refractivity contribution in [1.29, 1.82) is 0 Å². The van der Waals surface area contributed by atoms with E-state index in [4.69, 9.17) is 0 Å². The number of carbonyl (C=O) groups is 1. The second-order valence-electron chi connectivity index (χ2n) is 7.16. The number of hydrogen-bond donors (Lipinski definition) is 1. The molecule has 0 saturated heterocycles. The Labute approximate surface area is 168 Å². The lowest BCUT2D eigenvalue weighted by molar-refractivity contribution is -0.136. The number of fused-ring (bicyclic) bond motifs is 2. The average molecular weight is 419 g/mol. The minimum absolute atomic E-state index is 0.0428. The van der Waals surface area contributed by atoms with Crippen molar-refractivity contribution < 1.29 is 22.4 Å². The van der Waals surface area contributed by atoms with Gasteiger partial charge >= 0.3 is 6.18 Å². The molecule has 4 rings (SSSR count). The number of nitrogens with one attached hydrogen (secondary N) is 1. The first-order chi connectivity index (χ1) is 14.1. The monoisotopic (exact) mass is 419 g/mol. The van der Waals surface area contributed by atoms with E-state index in [0.717, 1.165) is 6.07 Å². The minimum atomic E-state index is -4.63. The van der Waals surface area contributed by atoms with Crippen molar-refractivity contribution in [2.45, 2.75) is 32.6 Å². The number of halogens is 4. The average Bonchev–Trinajstić information content (AvgIpc) is 3.25. The summed E-state index contributed by atoms with van der Waals surface area (Å²) in [6, 6.07) is 6.38. The molecule has 2 aromatic carbocycles. The van der Waals surface area contributed by atoms with Crippen LogP contribution in [-0.4, -0.2) is 25.0 Å². The zero-order chi connectivity index (χ0) is 21.6. The molecule has 156 valence electrons. The van der Waals surface area contributed by atoms with Gasteiger partial charge in [0.25, 0.3) is 0 Å². The second-order valence-corrected chi connectivity index (χ2v) is 7.16. The van der Waals surface area contributed by atoms with Crippen LogP contribution >= 0.6 is 0 Å². The Morgan fingerprint density at radius 1 is 1.10 bits per heavy atom. The number of para-hydroxylation sites is 1. The van der Waals surface area contributed by atoms with E-state index in [9.17, 15) is 22.4 Å². The first kappa shape index (κ1) is 19.9. The quantitative estimate of drug-likeness (QED) is 0.485. The molecule has 2 heterocycles. The third kappa shape index (κ3) is 3.49. The van der Waals surface area contributed by atoms with Gasteiger partial charge in [0.05, 0.1) is 34.8 Å². The third-order valence-electron chi connectivity index (χ3n) is 4.72. The summed E-state index contributed by atoms with van der Waals surface area (Å²) in [6.07, 6.45) is -1.98. The Bertz CT molecular complexity index is 1260. The largest absolute Gasteiger partial charge is 0.418 e. The summed E-state index contributed by atoms with van der Waals surface area (Å²) in [5, 5.41) is 2.45. The fourth-order valence-electron chi connectivity index (χ4n) is 3.41. The second kappa shape index (κ2) is 7.12. The van der Waals surface area contributed by atoms with Gasteiger partial charge in [-0.2, -0.15) is 13.2 Å². The number of imidazole rings is 2. The fourth-order valence-corrected chi connectivity index (χ4v) is 3.41. The molecule has 0 aliphatic carbocycles. The number of rotatable bonds is 4. The Kier molecular flexibility index (Phi) is 4.71. The molecule has 0 aliphatic rings. The van der Waals surface area contributed by atoms with E-state index >= 15 is 0 Å². The van der Waals surface area contributed by atoms with Crippen molar-refractivity contribution in [2.75, 3.05) is 5.32 Å². The number of aromatic nitrogens is 4. The highest BCUT2D eigenvalue weighted by Crippen LogP contribution is 2.37. The Morgan fingerprint density at radius 3 is 2.53 bits per heavy atom. The van der Waals surface area contributed by atoms with E-state index in [-0.39, 0.29) is 34.8 Å². The number of nitrogens with zero attached hydrogens (tertiary/aromatic N) is 4. The lowest BCUT2D eigenvalue weighted by Gasteiger charge is -2.15. The zero-order valence-electron chi connectivity index (χ0n) is 16.0. The maximum Gasteiger partial charge on any atom is 0.418 e. The number of alkyl halides is 3. The van der Waals surface area contributed by atoms with Gasteiger partial charge in [0.2, 0.25) is 5.91 Å². The minimum Gasteiger partial charge on any atom is -0.328 e. The molecule has 0 unspecified atom stereocenters. The molecule has 0 saturated carbocycles. The first-order valence-corrected chi connectivity index (χ1v) is 9.12. The van der Waals surface area contributed by atoms with Crippen molar-refractivity contribution in [1.82, 2.24) is 19.1 Å². The highest BCUT2D eigenvalue weighted by Gasteiger charge is 2.35. The molecule has 4 aromatic rings. The Hall–Kier alpha value is -3.43. The summed E-state index contributed by atoms with van der Waals surface area (Å²) in [6.45, 7) is 3.20.